The van der Waals surface area contributed by atoms with Gasteiger partial charge in [-0.1, -0.05) is 32.0 Å². The van der Waals surface area contributed by atoms with Crippen LogP contribution in [0.25, 0.3) is 11.1 Å². The van der Waals surface area contributed by atoms with Crippen molar-refractivity contribution in [3.8, 4) is 11.1 Å². The minimum Gasteiger partial charge on any atom is -0.399 e. The molecule has 0 bridgehead atoms. The Hall–Kier alpha value is -1.96. The molecule has 2 nitrogen and oxygen atoms in total. The van der Waals surface area contributed by atoms with Gasteiger partial charge in [-0.3, -0.25) is 0 Å². The monoisotopic (exact) mass is 240 g/mol. The van der Waals surface area contributed by atoms with Crippen LogP contribution in [0.4, 0.5) is 11.4 Å². The molecular formula is C16H20N2. The topological polar surface area (TPSA) is 52.0 Å². The number of rotatable bonds is 3. The molecule has 0 fully saturated rings. The Morgan fingerprint density at radius 1 is 0.889 bits per heavy atom. The fraction of sp³-hybridized carbons (Fsp3) is 0.250. The predicted molar refractivity (Wildman–Crippen MR) is 79.5 cm³/mol. The lowest BCUT2D eigenvalue weighted by Crippen LogP contribution is -2.01. The maximum atomic E-state index is 6.06. The zero-order chi connectivity index (χ0) is 13.1. The van der Waals surface area contributed by atoms with Crippen molar-refractivity contribution in [3.63, 3.8) is 0 Å². The first-order valence-corrected chi connectivity index (χ1v) is 6.43. The molecular weight excluding hydrogens is 220 g/mol. The average molecular weight is 240 g/mol. The first-order valence-electron chi connectivity index (χ1n) is 6.43. The highest BCUT2D eigenvalue weighted by Gasteiger charge is 2.10. The molecule has 0 atom stereocenters. The number of nitrogens with two attached hydrogens (primary N) is 2. The van der Waals surface area contributed by atoms with E-state index in [1.165, 1.54) is 22.3 Å². The van der Waals surface area contributed by atoms with Crippen LogP contribution in [0.2, 0.25) is 0 Å². The lowest BCUT2D eigenvalue weighted by atomic mass is 9.91. The SMILES string of the molecule is CCc1c(N)ccc(-c2cccc(N)c2)c1CC. The molecule has 0 unspecified atom stereocenters. The molecule has 0 saturated heterocycles. The number of hydrogen-bond donors (Lipinski definition) is 2. The smallest absolute Gasteiger partial charge is 0.0349 e. The minimum absolute atomic E-state index is 0.796. The summed E-state index contributed by atoms with van der Waals surface area (Å²) < 4.78 is 0. The van der Waals surface area contributed by atoms with Crippen molar-refractivity contribution in [2.75, 3.05) is 11.5 Å². The molecule has 18 heavy (non-hydrogen) atoms. The van der Waals surface area contributed by atoms with Crippen LogP contribution in [0.15, 0.2) is 36.4 Å². The number of anilines is 2. The van der Waals surface area contributed by atoms with Crippen LogP contribution in [-0.4, -0.2) is 0 Å². The van der Waals surface area contributed by atoms with Crippen LogP contribution >= 0.6 is 0 Å². The molecule has 0 aliphatic carbocycles. The van der Waals surface area contributed by atoms with Gasteiger partial charge < -0.3 is 11.5 Å². The van der Waals surface area contributed by atoms with Crippen LogP contribution in [0.5, 0.6) is 0 Å². The van der Waals surface area contributed by atoms with Crippen LogP contribution in [0, 0.1) is 0 Å². The maximum absolute atomic E-state index is 6.06. The van der Waals surface area contributed by atoms with Gasteiger partial charge in [-0.2, -0.15) is 0 Å². The van der Waals surface area contributed by atoms with Gasteiger partial charge in [-0.05, 0) is 53.3 Å². The average Bonchev–Trinajstić information content (AvgIpc) is 2.38. The molecule has 2 aromatic carbocycles. The van der Waals surface area contributed by atoms with E-state index in [9.17, 15) is 0 Å². The molecule has 0 radical (unpaired) electrons. The summed E-state index contributed by atoms with van der Waals surface area (Å²) in [7, 11) is 0. The Morgan fingerprint density at radius 3 is 2.22 bits per heavy atom. The zero-order valence-corrected chi connectivity index (χ0v) is 11.0. The van der Waals surface area contributed by atoms with Crippen molar-refractivity contribution < 1.29 is 0 Å². The van der Waals surface area contributed by atoms with Crippen molar-refractivity contribution in [1.82, 2.24) is 0 Å². The van der Waals surface area contributed by atoms with Gasteiger partial charge in [0.15, 0.2) is 0 Å². The molecule has 0 spiro atoms. The van der Waals surface area contributed by atoms with Gasteiger partial charge in [0, 0.05) is 11.4 Å². The van der Waals surface area contributed by atoms with E-state index < -0.39 is 0 Å². The van der Waals surface area contributed by atoms with E-state index in [4.69, 9.17) is 11.5 Å². The second-order valence-electron chi connectivity index (χ2n) is 4.49. The van der Waals surface area contributed by atoms with Crippen molar-refractivity contribution in [2.24, 2.45) is 0 Å². The summed E-state index contributed by atoms with van der Waals surface area (Å²) in [5, 5.41) is 0. The van der Waals surface area contributed by atoms with E-state index in [1.54, 1.807) is 0 Å². The summed E-state index contributed by atoms with van der Waals surface area (Å²) in [5.74, 6) is 0. The normalized spacial score (nSPS) is 10.6. The number of hydrogen-bond acceptors (Lipinski definition) is 2. The van der Waals surface area contributed by atoms with Crippen molar-refractivity contribution in [1.29, 1.82) is 0 Å². The lowest BCUT2D eigenvalue weighted by molar-refractivity contribution is 1.04. The van der Waals surface area contributed by atoms with Crippen LogP contribution < -0.4 is 11.5 Å². The molecule has 94 valence electrons. The van der Waals surface area contributed by atoms with Gasteiger partial charge in [-0.15, -0.1) is 0 Å². The molecule has 0 amide bonds. The summed E-state index contributed by atoms with van der Waals surface area (Å²) in [4.78, 5) is 0. The molecule has 0 heterocycles. The highest BCUT2D eigenvalue weighted by molar-refractivity contribution is 5.74. The summed E-state index contributed by atoms with van der Waals surface area (Å²) in [5.41, 5.74) is 18.6. The van der Waals surface area contributed by atoms with Crippen LogP contribution in [0.1, 0.15) is 25.0 Å². The second kappa shape index (κ2) is 5.13. The zero-order valence-electron chi connectivity index (χ0n) is 11.0. The molecule has 2 rings (SSSR count). The lowest BCUT2D eigenvalue weighted by Gasteiger charge is -2.15. The fourth-order valence-corrected chi connectivity index (χ4v) is 2.51. The first kappa shape index (κ1) is 12.5. The van der Waals surface area contributed by atoms with E-state index in [-0.39, 0.29) is 0 Å². The quantitative estimate of drug-likeness (QED) is 0.805. The van der Waals surface area contributed by atoms with E-state index in [0.717, 1.165) is 24.2 Å². The van der Waals surface area contributed by atoms with Crippen LogP contribution in [-0.2, 0) is 12.8 Å². The van der Waals surface area contributed by atoms with Gasteiger partial charge in [0.1, 0.15) is 0 Å². The predicted octanol–water partition coefficient (Wildman–Crippen LogP) is 3.64. The molecule has 2 heteroatoms. The van der Waals surface area contributed by atoms with E-state index >= 15 is 0 Å². The highest BCUT2D eigenvalue weighted by Crippen LogP contribution is 2.31. The summed E-state index contributed by atoms with van der Waals surface area (Å²) in [6, 6.07) is 12.1. The third-order valence-electron chi connectivity index (χ3n) is 3.37. The highest BCUT2D eigenvalue weighted by atomic mass is 14.6. The maximum Gasteiger partial charge on any atom is 0.0349 e. The summed E-state index contributed by atoms with van der Waals surface area (Å²) in [6.45, 7) is 4.32. The van der Waals surface area contributed by atoms with Crippen molar-refractivity contribution >= 4 is 11.4 Å². The van der Waals surface area contributed by atoms with E-state index in [2.05, 4.69) is 26.0 Å². The molecule has 0 aromatic heterocycles. The van der Waals surface area contributed by atoms with E-state index in [1.807, 2.05) is 24.3 Å². The Balaban J connectivity index is 2.64. The van der Waals surface area contributed by atoms with Crippen LogP contribution in [0.3, 0.4) is 0 Å². The van der Waals surface area contributed by atoms with Gasteiger partial charge in [0.25, 0.3) is 0 Å². The number of nitrogen functional groups attached to an aromatic ring is 2. The molecule has 4 N–H and O–H groups in total. The minimum atomic E-state index is 0.796. The standard InChI is InChI=1S/C16H20N2/c1-3-13-14(4-2)16(18)9-8-15(13)11-6-5-7-12(17)10-11/h5-10H,3-4,17-18H2,1-2H3. The third-order valence-corrected chi connectivity index (χ3v) is 3.37. The molecule has 2 aromatic rings. The molecule has 0 aliphatic rings. The van der Waals surface area contributed by atoms with Gasteiger partial charge in [0.2, 0.25) is 0 Å². The molecule has 0 saturated carbocycles. The molecule has 0 aliphatic heterocycles. The van der Waals surface area contributed by atoms with Gasteiger partial charge in [0.05, 0.1) is 0 Å². The van der Waals surface area contributed by atoms with Crippen molar-refractivity contribution in [2.45, 2.75) is 26.7 Å². The Morgan fingerprint density at radius 2 is 1.61 bits per heavy atom. The second-order valence-corrected chi connectivity index (χ2v) is 4.49. The summed E-state index contributed by atoms with van der Waals surface area (Å²) >= 11 is 0. The van der Waals surface area contributed by atoms with Gasteiger partial charge >= 0.3 is 0 Å². The Bertz CT molecular complexity index is 559. The van der Waals surface area contributed by atoms with E-state index in [0.29, 0.717) is 0 Å². The summed E-state index contributed by atoms with van der Waals surface area (Å²) in [6.07, 6.45) is 1.95. The fourth-order valence-electron chi connectivity index (χ4n) is 2.51. The first-order chi connectivity index (χ1) is 8.67. The number of benzene rings is 2. The Labute approximate surface area is 109 Å². The largest absolute Gasteiger partial charge is 0.399 e. The van der Waals surface area contributed by atoms with Gasteiger partial charge in [-0.25, -0.2) is 0 Å². The third kappa shape index (κ3) is 2.19. The Kier molecular flexibility index (Phi) is 3.56. The van der Waals surface area contributed by atoms with Crippen molar-refractivity contribution in [3.05, 3.63) is 47.5 Å².